The highest BCUT2D eigenvalue weighted by Crippen LogP contribution is 2.21. The fourth-order valence-electron chi connectivity index (χ4n) is 2.25. The van der Waals surface area contributed by atoms with Crippen molar-refractivity contribution in [3.63, 3.8) is 0 Å². The summed E-state index contributed by atoms with van der Waals surface area (Å²) in [6.07, 6.45) is 6.34. The average Bonchev–Trinajstić information content (AvgIpc) is 2.58. The molecule has 22 heavy (non-hydrogen) atoms. The predicted molar refractivity (Wildman–Crippen MR) is 91.5 cm³/mol. The minimum atomic E-state index is 0.824. The molecule has 0 heterocycles. The van der Waals surface area contributed by atoms with Crippen LogP contribution in [0.5, 0.6) is 5.75 Å². The van der Waals surface area contributed by atoms with Crippen LogP contribution in [-0.4, -0.2) is 7.11 Å². The smallest absolute Gasteiger partial charge is 0.119 e. The molecule has 2 rings (SSSR count). The topological polar surface area (TPSA) is 34.0 Å². The van der Waals surface area contributed by atoms with Crippen LogP contribution < -0.4 is 4.74 Å². The minimum Gasteiger partial charge on any atom is -0.497 e. The van der Waals surface area contributed by atoms with Crippen LogP contribution in [0, 0.1) is 0 Å². The van der Waals surface area contributed by atoms with Gasteiger partial charge in [-0.2, -0.15) is 10.2 Å². The van der Waals surface area contributed by atoms with Crippen molar-refractivity contribution < 1.29 is 4.74 Å². The van der Waals surface area contributed by atoms with Gasteiger partial charge in [0.15, 0.2) is 0 Å². The van der Waals surface area contributed by atoms with Gasteiger partial charge in [-0.15, -0.1) is 0 Å². The number of unbranched alkanes of at least 4 members (excludes halogenated alkanes) is 3. The second kappa shape index (κ2) is 8.98. The lowest BCUT2D eigenvalue weighted by Gasteiger charge is -2.01. The normalized spacial score (nSPS) is 11.0. The van der Waals surface area contributed by atoms with Crippen LogP contribution >= 0.6 is 0 Å². The van der Waals surface area contributed by atoms with Crippen molar-refractivity contribution >= 4 is 11.4 Å². The van der Waals surface area contributed by atoms with Gasteiger partial charge >= 0.3 is 0 Å². The monoisotopic (exact) mass is 296 g/mol. The number of methoxy groups -OCH3 is 1. The number of rotatable bonds is 8. The summed E-state index contributed by atoms with van der Waals surface area (Å²) in [6, 6.07) is 15.9. The summed E-state index contributed by atoms with van der Waals surface area (Å²) in [7, 11) is 1.65. The van der Waals surface area contributed by atoms with Crippen LogP contribution in [0.2, 0.25) is 0 Å². The van der Waals surface area contributed by atoms with Gasteiger partial charge in [0.2, 0.25) is 0 Å². The number of aryl methyl sites for hydroxylation is 1. The number of azo groups is 1. The van der Waals surface area contributed by atoms with E-state index >= 15 is 0 Å². The van der Waals surface area contributed by atoms with E-state index in [0.717, 1.165) is 23.5 Å². The maximum Gasteiger partial charge on any atom is 0.119 e. The number of hydrogen-bond donors (Lipinski definition) is 0. The first-order chi connectivity index (χ1) is 10.8. The zero-order valence-electron chi connectivity index (χ0n) is 13.5. The molecule has 0 radical (unpaired) electrons. The third-order valence-corrected chi connectivity index (χ3v) is 3.61. The molecule has 0 bridgehead atoms. The van der Waals surface area contributed by atoms with E-state index in [1.807, 2.05) is 36.4 Å². The lowest BCUT2D eigenvalue weighted by molar-refractivity contribution is 0.415. The Bertz CT molecular complexity index is 573. The van der Waals surface area contributed by atoms with E-state index in [1.165, 1.54) is 31.2 Å². The van der Waals surface area contributed by atoms with Crippen molar-refractivity contribution in [2.45, 2.75) is 39.0 Å². The van der Waals surface area contributed by atoms with Gasteiger partial charge in [-0.05, 0) is 54.8 Å². The van der Waals surface area contributed by atoms with Crippen LogP contribution in [0.15, 0.2) is 58.8 Å². The summed E-state index contributed by atoms with van der Waals surface area (Å²) in [5.41, 5.74) is 3.08. The second-order valence-electron chi connectivity index (χ2n) is 5.38. The maximum atomic E-state index is 5.12. The molecule has 0 aliphatic rings. The third kappa shape index (κ3) is 5.32. The van der Waals surface area contributed by atoms with E-state index in [-0.39, 0.29) is 0 Å². The van der Waals surface area contributed by atoms with E-state index in [0.29, 0.717) is 0 Å². The molecule has 0 saturated carbocycles. The predicted octanol–water partition coefficient (Wildman–Crippen LogP) is 6.23. The fourth-order valence-corrected chi connectivity index (χ4v) is 2.25. The van der Waals surface area contributed by atoms with Crippen molar-refractivity contribution in [2.24, 2.45) is 10.2 Å². The zero-order chi connectivity index (χ0) is 15.6. The highest BCUT2D eigenvalue weighted by Gasteiger charge is 1.96. The molecule has 3 heteroatoms. The van der Waals surface area contributed by atoms with E-state index in [2.05, 4.69) is 29.3 Å². The standard InChI is InChI=1S/C19H24N2O/c1-3-4-5-6-7-16-8-10-17(11-9-16)20-21-18-12-14-19(22-2)15-13-18/h8-15H,3-7H2,1-2H3. The van der Waals surface area contributed by atoms with Gasteiger partial charge < -0.3 is 4.74 Å². The Morgan fingerprint density at radius 3 is 1.91 bits per heavy atom. The number of ether oxygens (including phenoxy) is 1. The van der Waals surface area contributed by atoms with Crippen molar-refractivity contribution in [1.29, 1.82) is 0 Å². The summed E-state index contributed by atoms with van der Waals surface area (Å²) >= 11 is 0. The van der Waals surface area contributed by atoms with Gasteiger partial charge in [0.25, 0.3) is 0 Å². The Hall–Kier alpha value is -2.16. The SMILES string of the molecule is CCCCCCc1ccc(N=Nc2ccc(OC)cc2)cc1. The molecule has 116 valence electrons. The van der Waals surface area contributed by atoms with Gasteiger partial charge in [-0.1, -0.05) is 38.3 Å². The van der Waals surface area contributed by atoms with Gasteiger partial charge in [0.05, 0.1) is 18.5 Å². The van der Waals surface area contributed by atoms with Crippen molar-refractivity contribution in [3.05, 3.63) is 54.1 Å². The first-order valence-electron chi connectivity index (χ1n) is 7.96. The van der Waals surface area contributed by atoms with Gasteiger partial charge in [-0.3, -0.25) is 0 Å². The summed E-state index contributed by atoms with van der Waals surface area (Å²) < 4.78 is 5.12. The van der Waals surface area contributed by atoms with Crippen molar-refractivity contribution in [2.75, 3.05) is 7.11 Å². The number of benzene rings is 2. The quantitative estimate of drug-likeness (QED) is 0.419. The molecule has 0 fully saturated rings. The second-order valence-corrected chi connectivity index (χ2v) is 5.38. The van der Waals surface area contributed by atoms with Crippen molar-refractivity contribution in [3.8, 4) is 5.75 Å². The molecule has 0 aliphatic carbocycles. The van der Waals surface area contributed by atoms with Crippen LogP contribution in [-0.2, 0) is 6.42 Å². The maximum absolute atomic E-state index is 5.12. The first kappa shape index (κ1) is 16.2. The number of nitrogens with zero attached hydrogens (tertiary/aromatic N) is 2. The molecule has 0 amide bonds. The summed E-state index contributed by atoms with van der Waals surface area (Å²) in [5.74, 6) is 0.825. The van der Waals surface area contributed by atoms with Crippen LogP contribution in [0.25, 0.3) is 0 Å². The Balaban J connectivity index is 1.88. The van der Waals surface area contributed by atoms with Crippen LogP contribution in [0.4, 0.5) is 11.4 Å². The largest absolute Gasteiger partial charge is 0.497 e. The molecule has 2 aromatic rings. The molecule has 3 nitrogen and oxygen atoms in total. The Morgan fingerprint density at radius 1 is 0.773 bits per heavy atom. The van der Waals surface area contributed by atoms with E-state index in [9.17, 15) is 0 Å². The summed E-state index contributed by atoms with van der Waals surface area (Å²) in [6.45, 7) is 2.24. The molecule has 0 saturated heterocycles. The van der Waals surface area contributed by atoms with Gasteiger partial charge in [0, 0.05) is 0 Å². The highest BCUT2D eigenvalue weighted by atomic mass is 16.5. The molecular weight excluding hydrogens is 272 g/mol. The zero-order valence-corrected chi connectivity index (χ0v) is 13.5. The molecule has 0 atom stereocenters. The molecule has 0 aromatic heterocycles. The molecule has 0 N–H and O–H groups in total. The van der Waals surface area contributed by atoms with E-state index in [1.54, 1.807) is 7.11 Å². The Kier molecular flexibility index (Phi) is 6.62. The van der Waals surface area contributed by atoms with Crippen LogP contribution in [0.1, 0.15) is 38.2 Å². The third-order valence-electron chi connectivity index (χ3n) is 3.61. The highest BCUT2D eigenvalue weighted by molar-refractivity contribution is 5.43. The van der Waals surface area contributed by atoms with Crippen LogP contribution in [0.3, 0.4) is 0 Å². The lowest BCUT2D eigenvalue weighted by atomic mass is 10.1. The summed E-state index contributed by atoms with van der Waals surface area (Å²) in [5, 5.41) is 8.50. The number of hydrogen-bond acceptors (Lipinski definition) is 3. The fraction of sp³-hybridized carbons (Fsp3) is 0.368. The molecule has 0 unspecified atom stereocenters. The molecule has 0 aliphatic heterocycles. The molecule has 0 spiro atoms. The summed E-state index contributed by atoms with van der Waals surface area (Å²) in [4.78, 5) is 0. The Morgan fingerprint density at radius 2 is 1.36 bits per heavy atom. The Labute approximate surface area is 133 Å². The van der Waals surface area contributed by atoms with Gasteiger partial charge in [-0.25, -0.2) is 0 Å². The van der Waals surface area contributed by atoms with E-state index < -0.39 is 0 Å². The van der Waals surface area contributed by atoms with E-state index in [4.69, 9.17) is 4.74 Å². The molecule has 2 aromatic carbocycles. The van der Waals surface area contributed by atoms with Gasteiger partial charge in [0.1, 0.15) is 5.75 Å². The first-order valence-corrected chi connectivity index (χ1v) is 7.96. The average molecular weight is 296 g/mol. The minimum absolute atomic E-state index is 0.824. The molecular formula is C19H24N2O. The lowest BCUT2D eigenvalue weighted by Crippen LogP contribution is -1.84. The van der Waals surface area contributed by atoms with Crippen molar-refractivity contribution in [1.82, 2.24) is 0 Å².